The third-order valence-corrected chi connectivity index (χ3v) is 12.2. The molecule has 0 aromatic heterocycles. The van der Waals surface area contributed by atoms with Crippen molar-refractivity contribution in [2.24, 2.45) is 0 Å². The molecule has 0 aromatic carbocycles. The lowest BCUT2D eigenvalue weighted by atomic mass is 10.1. The van der Waals surface area contributed by atoms with Crippen LogP contribution in [0.25, 0.3) is 0 Å². The van der Waals surface area contributed by atoms with E-state index in [0.717, 1.165) is 103 Å². The largest absolute Gasteiger partial charge is 0.462 e. The van der Waals surface area contributed by atoms with E-state index in [-0.39, 0.29) is 31.1 Å². The average Bonchev–Trinajstić information content (AvgIpc) is 3.33. The van der Waals surface area contributed by atoms with Gasteiger partial charge in [0.15, 0.2) is 6.10 Å². The smallest absolute Gasteiger partial charge is 0.306 e. The summed E-state index contributed by atoms with van der Waals surface area (Å²) < 4.78 is 16.8. The second-order valence-electron chi connectivity index (χ2n) is 18.8. The van der Waals surface area contributed by atoms with Gasteiger partial charge in [-0.1, -0.05) is 241 Å². The van der Waals surface area contributed by atoms with Gasteiger partial charge in [-0.05, 0) is 89.9 Å². The Morgan fingerprint density at radius 1 is 0.313 bits per heavy atom. The Hall–Kier alpha value is -3.15. The topological polar surface area (TPSA) is 78.9 Å². The summed E-state index contributed by atoms with van der Waals surface area (Å²) in [5.41, 5.74) is 0. The number of unbranched alkanes of at least 4 members (excludes halogenated alkanes) is 28. The van der Waals surface area contributed by atoms with E-state index in [9.17, 15) is 14.4 Å². The molecule has 0 aliphatic rings. The molecule has 0 rings (SSSR count). The van der Waals surface area contributed by atoms with Crippen molar-refractivity contribution in [3.63, 3.8) is 0 Å². The normalized spacial score (nSPS) is 12.6. The Labute approximate surface area is 414 Å². The van der Waals surface area contributed by atoms with E-state index in [1.165, 1.54) is 135 Å². The van der Waals surface area contributed by atoms with Crippen LogP contribution in [0.5, 0.6) is 0 Å². The Bertz CT molecular complexity index is 1260. The average molecular weight is 936 g/mol. The van der Waals surface area contributed by atoms with Crippen LogP contribution in [0.3, 0.4) is 0 Å². The van der Waals surface area contributed by atoms with Gasteiger partial charge in [0.25, 0.3) is 0 Å². The molecule has 0 N–H and O–H groups in total. The predicted octanol–water partition coefficient (Wildman–Crippen LogP) is 19.0. The first-order valence-electron chi connectivity index (χ1n) is 28.4. The summed E-state index contributed by atoms with van der Waals surface area (Å²) in [6, 6.07) is 0. The van der Waals surface area contributed by atoms with Gasteiger partial charge in [-0.25, -0.2) is 0 Å². The highest BCUT2D eigenvalue weighted by atomic mass is 16.6. The van der Waals surface area contributed by atoms with Crippen LogP contribution in [0, 0.1) is 0 Å². The fourth-order valence-corrected chi connectivity index (χ4v) is 7.93. The fraction of sp³-hybridized carbons (Fsp3) is 0.754. The van der Waals surface area contributed by atoms with Crippen molar-refractivity contribution >= 4 is 17.9 Å². The maximum Gasteiger partial charge on any atom is 0.306 e. The first-order valence-corrected chi connectivity index (χ1v) is 28.4. The molecule has 1 unspecified atom stereocenters. The highest BCUT2D eigenvalue weighted by Gasteiger charge is 2.19. The minimum Gasteiger partial charge on any atom is -0.462 e. The van der Waals surface area contributed by atoms with Crippen LogP contribution in [0.1, 0.15) is 278 Å². The predicted molar refractivity (Wildman–Crippen MR) is 288 cm³/mol. The molecule has 0 saturated heterocycles. The minimum atomic E-state index is -0.781. The summed E-state index contributed by atoms with van der Waals surface area (Å²) in [5.74, 6) is -0.888. The first kappa shape index (κ1) is 63.8. The number of esters is 3. The van der Waals surface area contributed by atoms with E-state index >= 15 is 0 Å². The van der Waals surface area contributed by atoms with Crippen molar-refractivity contribution in [1.29, 1.82) is 0 Å². The van der Waals surface area contributed by atoms with E-state index in [1.54, 1.807) is 0 Å². The molecule has 0 aliphatic carbocycles. The molecule has 0 aliphatic heterocycles. The Morgan fingerprint density at radius 2 is 0.582 bits per heavy atom. The number of hydrogen-bond acceptors (Lipinski definition) is 6. The van der Waals surface area contributed by atoms with Gasteiger partial charge in [0.05, 0.1) is 0 Å². The summed E-state index contributed by atoms with van der Waals surface area (Å²) in [4.78, 5) is 38.1. The molecule has 0 amide bonds. The van der Waals surface area contributed by atoms with Gasteiger partial charge in [0.2, 0.25) is 0 Å². The molecule has 0 heterocycles. The molecule has 6 nitrogen and oxygen atoms in total. The second kappa shape index (κ2) is 55.4. The molecule has 0 bridgehead atoms. The van der Waals surface area contributed by atoms with E-state index in [2.05, 4.69) is 93.7 Å². The third-order valence-electron chi connectivity index (χ3n) is 12.2. The van der Waals surface area contributed by atoms with Gasteiger partial charge < -0.3 is 14.2 Å². The number of rotatable bonds is 51. The van der Waals surface area contributed by atoms with Gasteiger partial charge in [-0.3, -0.25) is 14.4 Å². The van der Waals surface area contributed by atoms with Crippen molar-refractivity contribution in [2.75, 3.05) is 13.2 Å². The van der Waals surface area contributed by atoms with Crippen LogP contribution in [-0.4, -0.2) is 37.2 Å². The van der Waals surface area contributed by atoms with Crippen molar-refractivity contribution < 1.29 is 28.6 Å². The van der Waals surface area contributed by atoms with Crippen LogP contribution in [0.15, 0.2) is 72.9 Å². The number of carbonyl (C=O) groups is 3. The van der Waals surface area contributed by atoms with Crippen LogP contribution >= 0.6 is 0 Å². The summed E-state index contributed by atoms with van der Waals surface area (Å²) >= 11 is 0. The Kier molecular flexibility index (Phi) is 52.8. The van der Waals surface area contributed by atoms with E-state index < -0.39 is 6.10 Å². The zero-order valence-corrected chi connectivity index (χ0v) is 44.2. The number of hydrogen-bond donors (Lipinski definition) is 0. The molecule has 67 heavy (non-hydrogen) atoms. The van der Waals surface area contributed by atoms with Gasteiger partial charge in [0.1, 0.15) is 13.2 Å². The van der Waals surface area contributed by atoms with Gasteiger partial charge >= 0.3 is 17.9 Å². The van der Waals surface area contributed by atoms with E-state index in [4.69, 9.17) is 14.2 Å². The van der Waals surface area contributed by atoms with E-state index in [0.29, 0.717) is 19.3 Å². The van der Waals surface area contributed by atoms with Crippen LogP contribution in [0.2, 0.25) is 0 Å². The highest BCUT2D eigenvalue weighted by Crippen LogP contribution is 2.15. The summed E-state index contributed by atoms with van der Waals surface area (Å²) in [6.07, 6.45) is 70.3. The molecule has 0 aromatic rings. The van der Waals surface area contributed by atoms with Crippen molar-refractivity contribution in [3.8, 4) is 0 Å². The lowest BCUT2D eigenvalue weighted by molar-refractivity contribution is -0.167. The van der Waals surface area contributed by atoms with Crippen LogP contribution < -0.4 is 0 Å². The van der Waals surface area contributed by atoms with Crippen LogP contribution in [0.4, 0.5) is 0 Å². The molecule has 386 valence electrons. The zero-order valence-electron chi connectivity index (χ0n) is 44.2. The van der Waals surface area contributed by atoms with Gasteiger partial charge in [-0.15, -0.1) is 0 Å². The molecular formula is C61H106O6. The molecule has 6 heteroatoms. The quantitative estimate of drug-likeness (QED) is 0.0262. The number of allylic oxidation sites excluding steroid dienone is 12. The minimum absolute atomic E-state index is 0.0791. The molecule has 0 saturated carbocycles. The summed E-state index contributed by atoms with van der Waals surface area (Å²) in [6.45, 7) is 6.50. The number of ether oxygens (including phenoxy) is 3. The second-order valence-corrected chi connectivity index (χ2v) is 18.8. The number of carbonyl (C=O) groups excluding carboxylic acids is 3. The van der Waals surface area contributed by atoms with Crippen molar-refractivity contribution in [1.82, 2.24) is 0 Å². The van der Waals surface area contributed by atoms with Gasteiger partial charge in [0, 0.05) is 19.3 Å². The molecule has 1 atom stereocenters. The van der Waals surface area contributed by atoms with Crippen molar-refractivity contribution in [3.05, 3.63) is 72.9 Å². The Balaban J connectivity index is 4.34. The molecule has 0 spiro atoms. The fourth-order valence-electron chi connectivity index (χ4n) is 7.93. The van der Waals surface area contributed by atoms with Crippen LogP contribution in [-0.2, 0) is 28.6 Å². The molecular weight excluding hydrogens is 829 g/mol. The molecule has 0 fully saturated rings. The highest BCUT2D eigenvalue weighted by molar-refractivity contribution is 5.71. The SMILES string of the molecule is CC/C=C\C/C=C\C/C=C\C/C=C\CCCCCCCCCCC(=O)OCC(COC(=O)CCCCCCCCCCCCC)OC(=O)CCCCCCCCC/C=C\C/C=C\CCCCC. The lowest BCUT2D eigenvalue weighted by Crippen LogP contribution is -2.30. The lowest BCUT2D eigenvalue weighted by Gasteiger charge is -2.18. The van der Waals surface area contributed by atoms with Crippen molar-refractivity contribution in [2.45, 2.75) is 284 Å². The van der Waals surface area contributed by atoms with E-state index in [1.807, 2.05) is 0 Å². The zero-order chi connectivity index (χ0) is 48.6. The summed E-state index contributed by atoms with van der Waals surface area (Å²) in [5, 5.41) is 0. The standard InChI is InChI=1S/C61H106O6/c1-4-7-10-13-16-19-22-24-26-28-29-30-31-33-34-36-39-42-45-48-51-54-60(63)66-57-58(56-65-59(62)53-50-47-44-41-38-21-18-15-12-9-6-3)67-61(64)55-52-49-46-43-40-37-35-32-27-25-23-20-17-14-11-8-5-2/h7,10,16-17,19-20,24-27,29-30,58H,4-6,8-9,11-15,18,21-23,28,31-57H2,1-3H3/b10-7-,19-16-,20-17-,26-24-,27-25-,30-29-. The first-order chi connectivity index (χ1) is 33.0. The molecule has 0 radical (unpaired) electrons. The monoisotopic (exact) mass is 935 g/mol. The summed E-state index contributed by atoms with van der Waals surface area (Å²) in [7, 11) is 0. The Morgan fingerprint density at radius 3 is 0.940 bits per heavy atom. The maximum atomic E-state index is 12.8. The third kappa shape index (κ3) is 53.7. The van der Waals surface area contributed by atoms with Gasteiger partial charge in [-0.2, -0.15) is 0 Å². The maximum absolute atomic E-state index is 12.8.